The molecule has 2 heterocycles. The van der Waals surface area contributed by atoms with Crippen LogP contribution in [0.4, 0.5) is 5.69 Å². The fourth-order valence-electron chi connectivity index (χ4n) is 1.36. The largest absolute Gasteiger partial charge is 0.380 e. The third-order valence-corrected chi connectivity index (χ3v) is 3.05. The van der Waals surface area contributed by atoms with E-state index in [9.17, 15) is 0 Å². The van der Waals surface area contributed by atoms with Crippen molar-refractivity contribution in [3.63, 3.8) is 0 Å². The number of nitrogens with one attached hydrogen (secondary N) is 1. The topological polar surface area (TPSA) is 68.2 Å². The summed E-state index contributed by atoms with van der Waals surface area (Å²) in [6, 6.07) is 1.76. The molecular formula is C10H13ClIN5. The van der Waals surface area contributed by atoms with Crippen molar-refractivity contribution in [3.05, 3.63) is 21.1 Å². The third kappa shape index (κ3) is 2.99. The first kappa shape index (κ1) is 12.8. The molecule has 92 valence electrons. The smallest absolute Gasteiger partial charge is 0.178 e. The molecule has 3 N–H and O–H groups in total. The lowest BCUT2D eigenvalue weighted by atomic mass is 10.1. The lowest BCUT2D eigenvalue weighted by Gasteiger charge is -2.20. The lowest BCUT2D eigenvalue weighted by molar-refractivity contribution is 0.549. The van der Waals surface area contributed by atoms with E-state index < -0.39 is 0 Å². The van der Waals surface area contributed by atoms with Gasteiger partial charge >= 0.3 is 0 Å². The number of anilines is 1. The zero-order valence-corrected chi connectivity index (χ0v) is 12.5. The predicted octanol–water partition coefficient (Wildman–Crippen LogP) is 2.14. The molecule has 7 heteroatoms. The summed E-state index contributed by atoms with van der Waals surface area (Å²) in [5.41, 5.74) is 7.22. The van der Waals surface area contributed by atoms with Gasteiger partial charge in [0.2, 0.25) is 0 Å². The van der Waals surface area contributed by atoms with Crippen molar-refractivity contribution < 1.29 is 0 Å². The molecule has 0 saturated carbocycles. The van der Waals surface area contributed by atoms with Crippen molar-refractivity contribution in [1.29, 1.82) is 0 Å². The highest BCUT2D eigenvalue weighted by Gasteiger charge is 2.13. The van der Waals surface area contributed by atoms with Crippen molar-refractivity contribution in [2.75, 3.05) is 11.9 Å². The summed E-state index contributed by atoms with van der Waals surface area (Å²) in [4.78, 5) is 4.29. The fraction of sp³-hybridized carbons (Fsp3) is 0.400. The van der Waals surface area contributed by atoms with Gasteiger partial charge in [-0.25, -0.2) is 9.50 Å². The van der Waals surface area contributed by atoms with Crippen LogP contribution in [0.15, 0.2) is 12.3 Å². The Morgan fingerprint density at radius 3 is 2.94 bits per heavy atom. The van der Waals surface area contributed by atoms with Gasteiger partial charge in [-0.05, 0) is 36.4 Å². The SMILES string of the molecule is CC(C)(N)CNc1cc(Cl)nn2c(I)cnc12. The summed E-state index contributed by atoms with van der Waals surface area (Å²) in [6.45, 7) is 4.54. The van der Waals surface area contributed by atoms with Crippen molar-refractivity contribution >= 4 is 45.5 Å². The number of imidazole rings is 1. The minimum Gasteiger partial charge on any atom is -0.380 e. The number of hydrogen-bond acceptors (Lipinski definition) is 4. The van der Waals surface area contributed by atoms with Crippen LogP contribution in [0.2, 0.25) is 5.15 Å². The zero-order valence-electron chi connectivity index (χ0n) is 9.54. The van der Waals surface area contributed by atoms with Crippen LogP contribution in [0, 0.1) is 3.70 Å². The molecule has 17 heavy (non-hydrogen) atoms. The Hall–Kier alpha value is -0.600. The first-order valence-corrected chi connectivity index (χ1v) is 6.55. The van der Waals surface area contributed by atoms with Crippen LogP contribution in [0.25, 0.3) is 5.65 Å². The molecule has 0 unspecified atom stereocenters. The Balaban J connectivity index is 2.39. The molecular weight excluding hydrogens is 353 g/mol. The average Bonchev–Trinajstić information content (AvgIpc) is 2.56. The Labute approximate surface area is 118 Å². The van der Waals surface area contributed by atoms with Crippen LogP contribution in [-0.2, 0) is 0 Å². The summed E-state index contributed by atoms with van der Waals surface area (Å²) >= 11 is 8.13. The summed E-state index contributed by atoms with van der Waals surface area (Å²) in [7, 11) is 0. The number of halogens is 2. The third-order valence-electron chi connectivity index (χ3n) is 2.13. The lowest BCUT2D eigenvalue weighted by Crippen LogP contribution is -2.39. The number of nitrogens with zero attached hydrogens (tertiary/aromatic N) is 3. The van der Waals surface area contributed by atoms with Crippen molar-refractivity contribution in [1.82, 2.24) is 14.6 Å². The first-order valence-electron chi connectivity index (χ1n) is 5.09. The van der Waals surface area contributed by atoms with E-state index in [1.165, 1.54) is 0 Å². The minimum atomic E-state index is -0.299. The first-order chi connectivity index (χ1) is 7.87. The zero-order chi connectivity index (χ0) is 12.6. The summed E-state index contributed by atoms with van der Waals surface area (Å²) in [6.07, 6.45) is 1.75. The summed E-state index contributed by atoms with van der Waals surface area (Å²) in [5, 5.41) is 7.85. The minimum absolute atomic E-state index is 0.299. The second kappa shape index (κ2) is 4.58. The van der Waals surface area contributed by atoms with Crippen LogP contribution in [-0.4, -0.2) is 26.7 Å². The normalized spacial score (nSPS) is 12.1. The maximum atomic E-state index is 5.97. The standard InChI is InChI=1S/C10H13ClIN5/c1-10(2,13)5-15-6-3-7(11)16-17-8(12)4-14-9(6)17/h3-4,15H,5,13H2,1-2H3. The van der Waals surface area contributed by atoms with Gasteiger partial charge < -0.3 is 11.1 Å². The average molecular weight is 366 g/mol. The van der Waals surface area contributed by atoms with Crippen LogP contribution < -0.4 is 11.1 Å². The van der Waals surface area contributed by atoms with Gasteiger partial charge in [-0.3, -0.25) is 0 Å². The Bertz CT molecular complexity index is 545. The molecule has 0 fully saturated rings. The molecule has 2 rings (SSSR count). The van der Waals surface area contributed by atoms with Crippen molar-refractivity contribution in [2.24, 2.45) is 5.73 Å². The second-order valence-electron chi connectivity index (χ2n) is 4.54. The van der Waals surface area contributed by atoms with E-state index in [1.54, 1.807) is 16.8 Å². The van der Waals surface area contributed by atoms with E-state index in [0.717, 1.165) is 15.0 Å². The Morgan fingerprint density at radius 2 is 2.29 bits per heavy atom. The number of aromatic nitrogens is 3. The van der Waals surface area contributed by atoms with Crippen molar-refractivity contribution in [2.45, 2.75) is 19.4 Å². The van der Waals surface area contributed by atoms with E-state index in [4.69, 9.17) is 17.3 Å². The molecule has 0 aliphatic rings. The molecule has 0 saturated heterocycles. The molecule has 0 aliphatic heterocycles. The van der Waals surface area contributed by atoms with E-state index in [2.05, 4.69) is 38.0 Å². The van der Waals surface area contributed by atoms with E-state index in [-0.39, 0.29) is 5.54 Å². The van der Waals surface area contributed by atoms with Crippen LogP contribution >= 0.6 is 34.2 Å². The van der Waals surface area contributed by atoms with Gasteiger partial charge in [0, 0.05) is 18.2 Å². The monoisotopic (exact) mass is 365 g/mol. The predicted molar refractivity (Wildman–Crippen MR) is 77.5 cm³/mol. The van der Waals surface area contributed by atoms with E-state index >= 15 is 0 Å². The van der Waals surface area contributed by atoms with Gasteiger partial charge in [0.25, 0.3) is 0 Å². The van der Waals surface area contributed by atoms with E-state index in [0.29, 0.717) is 11.7 Å². The van der Waals surface area contributed by atoms with Gasteiger partial charge in [0.15, 0.2) is 10.8 Å². The van der Waals surface area contributed by atoms with Gasteiger partial charge in [0.05, 0.1) is 11.9 Å². The fourth-order valence-corrected chi connectivity index (χ4v) is 2.03. The number of rotatable bonds is 3. The molecule has 0 radical (unpaired) electrons. The summed E-state index contributed by atoms with van der Waals surface area (Å²) in [5.74, 6) is 0. The molecule has 0 aliphatic carbocycles. The van der Waals surface area contributed by atoms with Gasteiger partial charge in [0.1, 0.15) is 3.70 Å². The molecule has 0 spiro atoms. The molecule has 5 nitrogen and oxygen atoms in total. The quantitative estimate of drug-likeness (QED) is 0.818. The van der Waals surface area contributed by atoms with E-state index in [1.807, 2.05) is 13.8 Å². The van der Waals surface area contributed by atoms with Gasteiger partial charge in [-0.2, -0.15) is 5.10 Å². The van der Waals surface area contributed by atoms with Gasteiger partial charge in [-0.15, -0.1) is 0 Å². The number of fused-ring (bicyclic) bond motifs is 1. The molecule has 0 amide bonds. The highest BCUT2D eigenvalue weighted by molar-refractivity contribution is 14.1. The molecule has 2 aromatic rings. The molecule has 2 aromatic heterocycles. The maximum Gasteiger partial charge on any atom is 0.178 e. The Kier molecular flexibility index (Phi) is 3.46. The molecule has 0 aromatic carbocycles. The number of nitrogens with two attached hydrogens (primary N) is 1. The van der Waals surface area contributed by atoms with Crippen molar-refractivity contribution in [3.8, 4) is 0 Å². The highest BCUT2D eigenvalue weighted by Crippen LogP contribution is 2.21. The van der Waals surface area contributed by atoms with Crippen LogP contribution in [0.5, 0.6) is 0 Å². The number of hydrogen-bond donors (Lipinski definition) is 2. The second-order valence-corrected chi connectivity index (χ2v) is 6.03. The summed E-state index contributed by atoms with van der Waals surface area (Å²) < 4.78 is 2.62. The molecule has 0 atom stereocenters. The molecule has 0 bridgehead atoms. The van der Waals surface area contributed by atoms with Gasteiger partial charge in [-0.1, -0.05) is 11.6 Å². The highest BCUT2D eigenvalue weighted by atomic mass is 127. The Morgan fingerprint density at radius 1 is 1.59 bits per heavy atom. The van der Waals surface area contributed by atoms with Crippen LogP contribution in [0.1, 0.15) is 13.8 Å². The maximum absolute atomic E-state index is 5.97. The van der Waals surface area contributed by atoms with Crippen LogP contribution in [0.3, 0.4) is 0 Å².